The van der Waals surface area contributed by atoms with Crippen LogP contribution in [0.2, 0.25) is 0 Å². The largest absolute Gasteiger partial charge is 0.507 e. The van der Waals surface area contributed by atoms with Gasteiger partial charge in [0.1, 0.15) is 5.75 Å². The first-order valence-electron chi connectivity index (χ1n) is 8.40. The number of nitrogens with zero attached hydrogens (tertiary/aromatic N) is 2. The Morgan fingerprint density at radius 3 is 2.09 bits per heavy atom. The summed E-state index contributed by atoms with van der Waals surface area (Å²) in [6.07, 6.45) is 0. The minimum atomic E-state index is 0.449. The summed E-state index contributed by atoms with van der Waals surface area (Å²) in [7, 11) is 0. The van der Waals surface area contributed by atoms with E-state index in [1.165, 1.54) is 11.1 Å². The van der Waals surface area contributed by atoms with Gasteiger partial charge in [-0.1, -0.05) is 42.5 Å². The second kappa shape index (κ2) is 7.16. The summed E-state index contributed by atoms with van der Waals surface area (Å²) in [4.78, 5) is 5.00. The second-order valence-corrected chi connectivity index (χ2v) is 6.55. The fourth-order valence-corrected chi connectivity index (χ4v) is 3.24. The van der Waals surface area contributed by atoms with E-state index < -0.39 is 0 Å². The molecule has 0 amide bonds. The van der Waals surface area contributed by atoms with Gasteiger partial charge >= 0.3 is 0 Å². The molecular formula is C20H26N2O. The number of hydrogen-bond acceptors (Lipinski definition) is 3. The van der Waals surface area contributed by atoms with E-state index in [0.717, 1.165) is 50.4 Å². The van der Waals surface area contributed by atoms with Gasteiger partial charge in [0.25, 0.3) is 0 Å². The molecule has 1 saturated heterocycles. The summed E-state index contributed by atoms with van der Waals surface area (Å²) in [6.45, 7) is 10.3. The molecule has 0 bridgehead atoms. The van der Waals surface area contributed by atoms with Crippen molar-refractivity contribution in [2.45, 2.75) is 26.9 Å². The van der Waals surface area contributed by atoms with Crippen LogP contribution in [-0.4, -0.2) is 41.1 Å². The standard InChI is InChI=1S/C20H26N2O/c1-16-8-9-19(17(2)20(16)23)15-22-12-10-21(11-13-22)14-18-6-4-3-5-7-18/h3-9,23H,10-15H2,1-2H3. The molecule has 1 N–H and O–H groups in total. The van der Waals surface area contributed by atoms with Gasteiger partial charge in [-0.2, -0.15) is 0 Å². The molecule has 3 heteroatoms. The first-order valence-corrected chi connectivity index (χ1v) is 8.40. The van der Waals surface area contributed by atoms with Crippen molar-refractivity contribution in [2.24, 2.45) is 0 Å². The molecule has 0 aromatic heterocycles. The second-order valence-electron chi connectivity index (χ2n) is 6.55. The average Bonchev–Trinajstić information content (AvgIpc) is 2.58. The lowest BCUT2D eigenvalue weighted by atomic mass is 10.0. The molecule has 1 aliphatic heterocycles. The van der Waals surface area contributed by atoms with Crippen molar-refractivity contribution in [3.63, 3.8) is 0 Å². The Bertz CT molecular complexity index is 646. The van der Waals surface area contributed by atoms with Crippen molar-refractivity contribution in [3.05, 3.63) is 64.7 Å². The van der Waals surface area contributed by atoms with Crippen LogP contribution >= 0.6 is 0 Å². The molecule has 122 valence electrons. The summed E-state index contributed by atoms with van der Waals surface area (Å²) in [5, 5.41) is 10.1. The third kappa shape index (κ3) is 3.92. The first-order chi connectivity index (χ1) is 11.1. The molecule has 1 aliphatic rings. The Morgan fingerprint density at radius 2 is 1.43 bits per heavy atom. The Labute approximate surface area is 139 Å². The molecule has 0 unspecified atom stereocenters. The van der Waals surface area contributed by atoms with Crippen molar-refractivity contribution >= 4 is 0 Å². The van der Waals surface area contributed by atoms with Crippen molar-refractivity contribution in [2.75, 3.05) is 26.2 Å². The van der Waals surface area contributed by atoms with E-state index in [2.05, 4.69) is 46.2 Å². The quantitative estimate of drug-likeness (QED) is 0.938. The number of piperazine rings is 1. The van der Waals surface area contributed by atoms with E-state index in [1.54, 1.807) is 0 Å². The van der Waals surface area contributed by atoms with E-state index >= 15 is 0 Å². The molecule has 1 fully saturated rings. The van der Waals surface area contributed by atoms with Crippen LogP contribution in [0.15, 0.2) is 42.5 Å². The van der Waals surface area contributed by atoms with Gasteiger partial charge in [-0.3, -0.25) is 9.80 Å². The SMILES string of the molecule is Cc1ccc(CN2CCN(Cc3ccccc3)CC2)c(C)c1O. The number of benzene rings is 2. The van der Waals surface area contributed by atoms with Crippen molar-refractivity contribution in [1.29, 1.82) is 0 Å². The zero-order valence-electron chi connectivity index (χ0n) is 14.1. The maximum Gasteiger partial charge on any atom is 0.121 e. The lowest BCUT2D eigenvalue weighted by Gasteiger charge is -2.35. The summed E-state index contributed by atoms with van der Waals surface area (Å²) >= 11 is 0. The zero-order chi connectivity index (χ0) is 16.2. The normalized spacial score (nSPS) is 16.6. The molecule has 0 radical (unpaired) electrons. The smallest absolute Gasteiger partial charge is 0.121 e. The number of phenols is 1. The predicted molar refractivity (Wildman–Crippen MR) is 94.6 cm³/mol. The number of hydrogen-bond donors (Lipinski definition) is 1. The topological polar surface area (TPSA) is 26.7 Å². The Balaban J connectivity index is 1.54. The summed E-state index contributed by atoms with van der Waals surface area (Å²) in [5.74, 6) is 0.449. The minimum Gasteiger partial charge on any atom is -0.507 e. The first kappa shape index (κ1) is 16.0. The van der Waals surface area contributed by atoms with Gasteiger partial charge in [0.05, 0.1) is 0 Å². The van der Waals surface area contributed by atoms with Crippen LogP contribution in [-0.2, 0) is 13.1 Å². The highest BCUT2D eigenvalue weighted by Gasteiger charge is 2.18. The van der Waals surface area contributed by atoms with Crippen molar-refractivity contribution < 1.29 is 5.11 Å². The highest BCUT2D eigenvalue weighted by Crippen LogP contribution is 2.25. The minimum absolute atomic E-state index is 0.449. The van der Waals surface area contributed by atoms with Gasteiger partial charge < -0.3 is 5.11 Å². The lowest BCUT2D eigenvalue weighted by molar-refractivity contribution is 0.122. The molecule has 1 heterocycles. The van der Waals surface area contributed by atoms with Crippen LogP contribution in [0, 0.1) is 13.8 Å². The molecule has 0 saturated carbocycles. The van der Waals surface area contributed by atoms with E-state index in [1.807, 2.05) is 19.9 Å². The highest BCUT2D eigenvalue weighted by atomic mass is 16.3. The third-order valence-electron chi connectivity index (χ3n) is 4.85. The maximum absolute atomic E-state index is 10.1. The van der Waals surface area contributed by atoms with E-state index in [9.17, 15) is 5.11 Å². The summed E-state index contributed by atoms with van der Waals surface area (Å²) < 4.78 is 0. The van der Waals surface area contributed by atoms with Crippen LogP contribution in [0.3, 0.4) is 0 Å². The monoisotopic (exact) mass is 310 g/mol. The molecule has 23 heavy (non-hydrogen) atoms. The van der Waals surface area contributed by atoms with Gasteiger partial charge in [0, 0.05) is 39.3 Å². The number of phenolic OH excluding ortho intramolecular Hbond substituents is 1. The molecule has 2 aromatic rings. The van der Waals surface area contributed by atoms with Gasteiger partial charge in [0.2, 0.25) is 0 Å². The van der Waals surface area contributed by atoms with Crippen molar-refractivity contribution in [3.8, 4) is 5.75 Å². The molecular weight excluding hydrogens is 284 g/mol. The molecule has 0 atom stereocenters. The average molecular weight is 310 g/mol. The summed E-state index contributed by atoms with van der Waals surface area (Å²) in [5.41, 5.74) is 4.61. The molecule has 0 spiro atoms. The van der Waals surface area contributed by atoms with Gasteiger partial charge in [-0.15, -0.1) is 0 Å². The molecule has 0 aliphatic carbocycles. The number of aromatic hydroxyl groups is 1. The number of rotatable bonds is 4. The lowest BCUT2D eigenvalue weighted by Crippen LogP contribution is -2.45. The summed E-state index contributed by atoms with van der Waals surface area (Å²) in [6, 6.07) is 14.9. The van der Waals surface area contributed by atoms with E-state index in [-0.39, 0.29) is 0 Å². The third-order valence-corrected chi connectivity index (χ3v) is 4.85. The maximum atomic E-state index is 10.1. The van der Waals surface area contributed by atoms with E-state index in [4.69, 9.17) is 0 Å². The van der Waals surface area contributed by atoms with Crippen LogP contribution in [0.4, 0.5) is 0 Å². The predicted octanol–water partition coefficient (Wildman–Crippen LogP) is 3.33. The molecule has 3 nitrogen and oxygen atoms in total. The highest BCUT2D eigenvalue weighted by molar-refractivity contribution is 5.43. The fraction of sp³-hybridized carbons (Fsp3) is 0.400. The van der Waals surface area contributed by atoms with E-state index in [0.29, 0.717) is 5.75 Å². The van der Waals surface area contributed by atoms with Crippen molar-refractivity contribution in [1.82, 2.24) is 9.80 Å². The van der Waals surface area contributed by atoms with Gasteiger partial charge in [0.15, 0.2) is 0 Å². The Morgan fingerprint density at radius 1 is 0.826 bits per heavy atom. The zero-order valence-corrected chi connectivity index (χ0v) is 14.1. The van der Waals surface area contributed by atoms with Crippen LogP contribution in [0.1, 0.15) is 22.3 Å². The molecule has 3 rings (SSSR count). The Hall–Kier alpha value is -1.84. The molecule has 2 aromatic carbocycles. The van der Waals surface area contributed by atoms with Gasteiger partial charge in [-0.05, 0) is 36.1 Å². The fourth-order valence-electron chi connectivity index (χ4n) is 3.24. The Kier molecular flexibility index (Phi) is 4.99. The number of aryl methyl sites for hydroxylation is 1. The van der Waals surface area contributed by atoms with Crippen LogP contribution < -0.4 is 0 Å². The van der Waals surface area contributed by atoms with Crippen LogP contribution in [0.5, 0.6) is 5.75 Å². The van der Waals surface area contributed by atoms with Gasteiger partial charge in [-0.25, -0.2) is 0 Å². The van der Waals surface area contributed by atoms with Crippen LogP contribution in [0.25, 0.3) is 0 Å².